The predicted octanol–water partition coefficient (Wildman–Crippen LogP) is 3.30. The van der Waals surface area contributed by atoms with Gasteiger partial charge in [-0.15, -0.1) is 0 Å². The van der Waals surface area contributed by atoms with Crippen molar-refractivity contribution in [1.29, 1.82) is 0 Å². The first kappa shape index (κ1) is 15.3. The molecule has 0 radical (unpaired) electrons. The standard InChI is InChI=1S/C17H20FNO2/c1-12(19)10-13-6-8-15(9-7-13)21-11-14-4-3-5-16(20-2)17(14)18/h3-9,12H,10-11,19H2,1-2H3. The zero-order valence-electron chi connectivity index (χ0n) is 12.3. The Morgan fingerprint density at radius 3 is 2.48 bits per heavy atom. The zero-order chi connectivity index (χ0) is 15.2. The smallest absolute Gasteiger partial charge is 0.171 e. The van der Waals surface area contributed by atoms with E-state index in [1.807, 2.05) is 31.2 Å². The largest absolute Gasteiger partial charge is 0.494 e. The third-order valence-corrected chi connectivity index (χ3v) is 3.14. The molecule has 3 nitrogen and oxygen atoms in total. The van der Waals surface area contributed by atoms with Gasteiger partial charge in [0.2, 0.25) is 0 Å². The fourth-order valence-electron chi connectivity index (χ4n) is 2.08. The van der Waals surface area contributed by atoms with Gasteiger partial charge in [-0.2, -0.15) is 0 Å². The van der Waals surface area contributed by atoms with Crippen LogP contribution in [-0.2, 0) is 13.0 Å². The van der Waals surface area contributed by atoms with Crippen LogP contribution in [0.1, 0.15) is 18.1 Å². The van der Waals surface area contributed by atoms with Gasteiger partial charge < -0.3 is 15.2 Å². The van der Waals surface area contributed by atoms with Crippen molar-refractivity contribution in [3.63, 3.8) is 0 Å². The second-order valence-corrected chi connectivity index (χ2v) is 5.05. The lowest BCUT2D eigenvalue weighted by Gasteiger charge is -2.10. The Morgan fingerprint density at radius 2 is 1.86 bits per heavy atom. The average Bonchev–Trinajstić information content (AvgIpc) is 2.47. The third-order valence-electron chi connectivity index (χ3n) is 3.14. The normalized spacial score (nSPS) is 12.0. The van der Waals surface area contributed by atoms with Gasteiger partial charge in [-0.3, -0.25) is 0 Å². The molecule has 0 spiro atoms. The van der Waals surface area contributed by atoms with E-state index in [-0.39, 0.29) is 24.2 Å². The lowest BCUT2D eigenvalue weighted by Crippen LogP contribution is -2.17. The number of halogens is 1. The van der Waals surface area contributed by atoms with Gasteiger partial charge in [-0.25, -0.2) is 4.39 Å². The van der Waals surface area contributed by atoms with Gasteiger partial charge in [-0.05, 0) is 37.1 Å². The minimum absolute atomic E-state index is 0.127. The van der Waals surface area contributed by atoms with Gasteiger partial charge in [0.05, 0.1) is 7.11 Å². The fourth-order valence-corrected chi connectivity index (χ4v) is 2.08. The Kier molecular flexibility index (Phi) is 5.17. The van der Waals surface area contributed by atoms with E-state index in [0.29, 0.717) is 11.3 Å². The van der Waals surface area contributed by atoms with Crippen LogP contribution in [0.4, 0.5) is 4.39 Å². The molecule has 0 amide bonds. The van der Waals surface area contributed by atoms with E-state index < -0.39 is 0 Å². The average molecular weight is 289 g/mol. The SMILES string of the molecule is COc1cccc(COc2ccc(CC(C)N)cc2)c1F. The number of methoxy groups -OCH3 is 1. The molecule has 0 aliphatic heterocycles. The summed E-state index contributed by atoms with van der Waals surface area (Å²) < 4.78 is 24.5. The molecule has 0 aliphatic rings. The second-order valence-electron chi connectivity index (χ2n) is 5.05. The van der Waals surface area contributed by atoms with Crippen molar-refractivity contribution in [3.05, 3.63) is 59.4 Å². The first-order valence-corrected chi connectivity index (χ1v) is 6.89. The van der Waals surface area contributed by atoms with Gasteiger partial charge in [0.25, 0.3) is 0 Å². The minimum atomic E-state index is -0.381. The zero-order valence-corrected chi connectivity index (χ0v) is 12.3. The molecule has 0 fully saturated rings. The Labute approximate surface area is 124 Å². The van der Waals surface area contributed by atoms with Crippen LogP contribution >= 0.6 is 0 Å². The molecule has 0 bridgehead atoms. The van der Waals surface area contributed by atoms with Crippen molar-refractivity contribution >= 4 is 0 Å². The molecule has 0 heterocycles. The topological polar surface area (TPSA) is 44.5 Å². The van der Waals surface area contributed by atoms with Gasteiger partial charge in [0, 0.05) is 11.6 Å². The van der Waals surface area contributed by atoms with Crippen LogP contribution in [0.3, 0.4) is 0 Å². The van der Waals surface area contributed by atoms with Crippen molar-refractivity contribution in [2.24, 2.45) is 5.73 Å². The summed E-state index contributed by atoms with van der Waals surface area (Å²) in [6.45, 7) is 2.13. The van der Waals surface area contributed by atoms with Crippen molar-refractivity contribution in [3.8, 4) is 11.5 Å². The molecular formula is C17H20FNO2. The fraction of sp³-hybridized carbons (Fsp3) is 0.294. The highest BCUT2D eigenvalue weighted by molar-refractivity contribution is 5.32. The van der Waals surface area contributed by atoms with E-state index >= 15 is 0 Å². The van der Waals surface area contributed by atoms with E-state index in [4.69, 9.17) is 15.2 Å². The number of hydrogen-bond acceptors (Lipinski definition) is 3. The highest BCUT2D eigenvalue weighted by Gasteiger charge is 2.08. The molecule has 1 unspecified atom stereocenters. The summed E-state index contributed by atoms with van der Waals surface area (Å²) in [7, 11) is 1.44. The van der Waals surface area contributed by atoms with Crippen LogP contribution in [0.15, 0.2) is 42.5 Å². The number of ether oxygens (including phenoxy) is 2. The van der Waals surface area contributed by atoms with E-state index in [1.54, 1.807) is 18.2 Å². The summed E-state index contributed by atoms with van der Waals surface area (Å²) in [6.07, 6.45) is 0.824. The lowest BCUT2D eigenvalue weighted by atomic mass is 10.1. The molecule has 1 atom stereocenters. The number of rotatable bonds is 6. The molecule has 0 saturated carbocycles. The van der Waals surface area contributed by atoms with Crippen LogP contribution in [0.25, 0.3) is 0 Å². The molecule has 0 aliphatic carbocycles. The molecule has 2 N–H and O–H groups in total. The lowest BCUT2D eigenvalue weighted by molar-refractivity contribution is 0.295. The number of benzene rings is 2. The predicted molar refractivity (Wildman–Crippen MR) is 81.1 cm³/mol. The Hall–Kier alpha value is -2.07. The first-order chi connectivity index (χ1) is 10.1. The van der Waals surface area contributed by atoms with Crippen molar-refractivity contribution < 1.29 is 13.9 Å². The quantitative estimate of drug-likeness (QED) is 0.887. The molecule has 0 aromatic heterocycles. The summed E-state index contributed by atoms with van der Waals surface area (Å²) in [6, 6.07) is 12.8. The molecule has 2 rings (SSSR count). The van der Waals surface area contributed by atoms with E-state index in [1.165, 1.54) is 7.11 Å². The van der Waals surface area contributed by atoms with E-state index in [9.17, 15) is 4.39 Å². The van der Waals surface area contributed by atoms with Crippen molar-refractivity contribution in [2.75, 3.05) is 7.11 Å². The van der Waals surface area contributed by atoms with Crippen molar-refractivity contribution in [2.45, 2.75) is 26.0 Å². The highest BCUT2D eigenvalue weighted by atomic mass is 19.1. The summed E-state index contributed by atoms with van der Waals surface area (Å²) in [4.78, 5) is 0. The molecule has 2 aromatic rings. The Morgan fingerprint density at radius 1 is 1.14 bits per heavy atom. The van der Waals surface area contributed by atoms with Crippen molar-refractivity contribution in [1.82, 2.24) is 0 Å². The number of hydrogen-bond donors (Lipinski definition) is 1. The third kappa shape index (κ3) is 4.20. The van der Waals surface area contributed by atoms with Crippen LogP contribution in [-0.4, -0.2) is 13.2 Å². The minimum Gasteiger partial charge on any atom is -0.494 e. The van der Waals surface area contributed by atoms with Crippen LogP contribution in [0.2, 0.25) is 0 Å². The van der Waals surface area contributed by atoms with E-state index in [2.05, 4.69) is 0 Å². The van der Waals surface area contributed by atoms with Gasteiger partial charge in [0.1, 0.15) is 12.4 Å². The molecule has 21 heavy (non-hydrogen) atoms. The maximum Gasteiger partial charge on any atom is 0.171 e. The van der Waals surface area contributed by atoms with E-state index in [0.717, 1.165) is 12.0 Å². The summed E-state index contributed by atoms with van der Waals surface area (Å²) in [5, 5.41) is 0. The second kappa shape index (κ2) is 7.09. The molecular weight excluding hydrogens is 269 g/mol. The molecule has 4 heteroatoms. The summed E-state index contributed by atoms with van der Waals surface area (Å²) >= 11 is 0. The molecule has 2 aromatic carbocycles. The Balaban J connectivity index is 2.00. The summed E-state index contributed by atoms with van der Waals surface area (Å²) in [5.41, 5.74) is 7.38. The van der Waals surface area contributed by atoms with Crippen LogP contribution in [0, 0.1) is 5.82 Å². The van der Waals surface area contributed by atoms with Crippen LogP contribution < -0.4 is 15.2 Å². The molecule has 0 saturated heterocycles. The van der Waals surface area contributed by atoms with Gasteiger partial charge >= 0.3 is 0 Å². The van der Waals surface area contributed by atoms with Gasteiger partial charge in [0.15, 0.2) is 11.6 Å². The monoisotopic (exact) mass is 289 g/mol. The summed E-state index contributed by atoms with van der Waals surface area (Å²) in [5.74, 6) is 0.544. The Bertz CT molecular complexity index is 582. The van der Waals surface area contributed by atoms with Crippen LogP contribution in [0.5, 0.6) is 11.5 Å². The maximum atomic E-state index is 14.0. The highest BCUT2D eigenvalue weighted by Crippen LogP contribution is 2.22. The number of nitrogens with two attached hydrogens (primary N) is 1. The first-order valence-electron chi connectivity index (χ1n) is 6.89. The molecule has 112 valence electrons. The van der Waals surface area contributed by atoms with Gasteiger partial charge in [-0.1, -0.05) is 24.3 Å². The maximum absolute atomic E-state index is 14.0.